The van der Waals surface area contributed by atoms with E-state index in [0.717, 1.165) is 22.8 Å². The van der Waals surface area contributed by atoms with Crippen molar-refractivity contribution in [2.75, 3.05) is 12.3 Å². The summed E-state index contributed by atoms with van der Waals surface area (Å²) < 4.78 is 1.73. The summed E-state index contributed by atoms with van der Waals surface area (Å²) in [5.74, 6) is 0.912. The second-order valence-electron chi connectivity index (χ2n) is 8.17. The van der Waals surface area contributed by atoms with Gasteiger partial charge in [0.05, 0.1) is 6.04 Å². The first kappa shape index (κ1) is 22.3. The number of aryl methyl sites for hydroxylation is 1. The lowest BCUT2D eigenvalue weighted by Gasteiger charge is -2.19. The van der Waals surface area contributed by atoms with Crippen molar-refractivity contribution in [3.05, 3.63) is 93.4 Å². The van der Waals surface area contributed by atoms with E-state index in [1.165, 1.54) is 11.1 Å². The number of amides is 1. The molecule has 1 aliphatic rings. The normalized spacial score (nSPS) is 15.0. The number of carbonyl (C=O) groups is 1. The lowest BCUT2D eigenvalue weighted by molar-refractivity contribution is -0.121. The maximum absolute atomic E-state index is 12.9. The van der Waals surface area contributed by atoms with Crippen LogP contribution in [0.1, 0.15) is 54.1 Å². The fourth-order valence-electron chi connectivity index (χ4n) is 4.42. The van der Waals surface area contributed by atoms with Crippen LogP contribution in [0.25, 0.3) is 0 Å². The minimum Gasteiger partial charge on any atom is -0.356 e. The van der Waals surface area contributed by atoms with Crippen LogP contribution >= 0.6 is 11.8 Å². The first-order valence-electron chi connectivity index (χ1n) is 11.2. The largest absolute Gasteiger partial charge is 0.356 e. The highest BCUT2D eigenvalue weighted by Gasteiger charge is 2.29. The molecule has 0 bridgehead atoms. The van der Waals surface area contributed by atoms with Gasteiger partial charge in [0.25, 0.3) is 5.56 Å². The van der Waals surface area contributed by atoms with E-state index in [-0.39, 0.29) is 23.4 Å². The van der Waals surface area contributed by atoms with Crippen molar-refractivity contribution in [3.8, 4) is 0 Å². The number of carbonyl (C=O) groups excluding carboxylic acids is 1. The summed E-state index contributed by atoms with van der Waals surface area (Å²) in [5, 5.41) is 3.82. The number of nitrogens with zero attached hydrogens (tertiary/aromatic N) is 2. The van der Waals surface area contributed by atoms with Crippen molar-refractivity contribution in [2.24, 2.45) is 0 Å². The number of fused-ring (bicyclic) bond motifs is 1. The van der Waals surface area contributed by atoms with Gasteiger partial charge in [-0.2, -0.15) is 0 Å². The number of thioether (sulfide) groups is 1. The van der Waals surface area contributed by atoms with Gasteiger partial charge in [0.15, 0.2) is 5.16 Å². The van der Waals surface area contributed by atoms with Gasteiger partial charge in [-0.3, -0.25) is 14.2 Å². The Morgan fingerprint density at radius 1 is 1.12 bits per heavy atom. The SMILES string of the molecule is CCc1c(C)nc2n(c1=O)C(CC(=O)NCCC(c1ccccc1)c1ccccc1)CS2. The Balaban J connectivity index is 1.40. The minimum absolute atomic E-state index is 0.00557. The van der Waals surface area contributed by atoms with Gasteiger partial charge in [-0.25, -0.2) is 4.98 Å². The van der Waals surface area contributed by atoms with Crippen molar-refractivity contribution >= 4 is 17.7 Å². The monoisotopic (exact) mass is 447 g/mol. The van der Waals surface area contributed by atoms with Crippen molar-refractivity contribution in [1.29, 1.82) is 0 Å². The third-order valence-electron chi connectivity index (χ3n) is 6.09. The van der Waals surface area contributed by atoms with Crippen LogP contribution in [0.3, 0.4) is 0 Å². The summed E-state index contributed by atoms with van der Waals surface area (Å²) in [7, 11) is 0. The van der Waals surface area contributed by atoms with E-state index in [0.29, 0.717) is 25.1 Å². The van der Waals surface area contributed by atoms with Gasteiger partial charge in [0.2, 0.25) is 5.91 Å². The van der Waals surface area contributed by atoms with Crippen LogP contribution < -0.4 is 10.9 Å². The lowest BCUT2D eigenvalue weighted by Crippen LogP contribution is -2.33. The smallest absolute Gasteiger partial charge is 0.257 e. The van der Waals surface area contributed by atoms with Gasteiger partial charge < -0.3 is 5.32 Å². The molecule has 32 heavy (non-hydrogen) atoms. The van der Waals surface area contributed by atoms with Crippen LogP contribution in [0.15, 0.2) is 70.6 Å². The van der Waals surface area contributed by atoms with Gasteiger partial charge >= 0.3 is 0 Å². The summed E-state index contributed by atoms with van der Waals surface area (Å²) >= 11 is 1.56. The van der Waals surface area contributed by atoms with Crippen LogP contribution in [-0.4, -0.2) is 27.8 Å². The van der Waals surface area contributed by atoms with Crippen LogP contribution in [0.4, 0.5) is 0 Å². The van der Waals surface area contributed by atoms with Crippen LogP contribution in [0.5, 0.6) is 0 Å². The topological polar surface area (TPSA) is 64.0 Å². The number of hydrogen-bond acceptors (Lipinski definition) is 4. The molecule has 0 aliphatic carbocycles. The number of aromatic nitrogens is 2. The standard InChI is InChI=1S/C26H29N3O2S/c1-3-22-18(2)28-26-29(25(22)31)21(17-32-26)16-24(30)27-15-14-23(19-10-6-4-7-11-19)20-12-8-5-9-13-20/h4-13,21,23H,3,14-17H2,1-2H3,(H,27,30). The Labute approximate surface area is 193 Å². The summed E-state index contributed by atoms with van der Waals surface area (Å²) in [4.78, 5) is 30.2. The number of nitrogens with one attached hydrogen (secondary N) is 1. The van der Waals surface area contributed by atoms with Gasteiger partial charge in [0, 0.05) is 35.9 Å². The highest BCUT2D eigenvalue weighted by molar-refractivity contribution is 7.99. The van der Waals surface area contributed by atoms with Crippen LogP contribution in [0, 0.1) is 6.92 Å². The number of hydrogen-bond donors (Lipinski definition) is 1. The van der Waals surface area contributed by atoms with Crippen molar-refractivity contribution < 1.29 is 4.79 Å². The van der Waals surface area contributed by atoms with Gasteiger partial charge in [0.1, 0.15) is 0 Å². The van der Waals surface area contributed by atoms with Crippen molar-refractivity contribution in [2.45, 2.75) is 50.2 Å². The molecule has 5 nitrogen and oxygen atoms in total. The molecule has 0 radical (unpaired) electrons. The highest BCUT2D eigenvalue weighted by atomic mass is 32.2. The Morgan fingerprint density at radius 3 is 2.34 bits per heavy atom. The average Bonchev–Trinajstić information content (AvgIpc) is 3.20. The third-order valence-corrected chi connectivity index (χ3v) is 7.18. The molecular formula is C26H29N3O2S. The molecule has 4 rings (SSSR count). The van der Waals surface area contributed by atoms with E-state index >= 15 is 0 Å². The van der Waals surface area contributed by atoms with Crippen molar-refractivity contribution in [3.63, 3.8) is 0 Å². The molecule has 2 aromatic carbocycles. The Kier molecular flexibility index (Phi) is 7.10. The van der Waals surface area contributed by atoms with Crippen LogP contribution in [0.2, 0.25) is 0 Å². The first-order valence-corrected chi connectivity index (χ1v) is 12.2. The predicted octanol–water partition coefficient (Wildman–Crippen LogP) is 4.49. The van der Waals surface area contributed by atoms with E-state index in [9.17, 15) is 9.59 Å². The zero-order valence-electron chi connectivity index (χ0n) is 18.6. The molecule has 6 heteroatoms. The predicted molar refractivity (Wildman–Crippen MR) is 129 cm³/mol. The summed E-state index contributed by atoms with van der Waals surface area (Å²) in [6, 6.07) is 20.7. The summed E-state index contributed by atoms with van der Waals surface area (Å²) in [6.07, 6.45) is 1.77. The quantitative estimate of drug-likeness (QED) is 0.517. The van der Waals surface area contributed by atoms with Gasteiger partial charge in [-0.05, 0) is 30.9 Å². The summed E-state index contributed by atoms with van der Waals surface area (Å²) in [6.45, 7) is 4.44. The molecule has 166 valence electrons. The zero-order valence-corrected chi connectivity index (χ0v) is 19.4. The molecule has 2 heterocycles. The zero-order chi connectivity index (χ0) is 22.5. The Morgan fingerprint density at radius 2 is 1.75 bits per heavy atom. The molecule has 0 saturated heterocycles. The van der Waals surface area contributed by atoms with Crippen molar-refractivity contribution in [1.82, 2.24) is 14.9 Å². The maximum atomic E-state index is 12.9. The fourth-order valence-corrected chi connectivity index (χ4v) is 5.60. The lowest BCUT2D eigenvalue weighted by atomic mass is 9.88. The molecule has 0 saturated carbocycles. The molecule has 1 N–H and O–H groups in total. The molecule has 1 amide bonds. The number of benzene rings is 2. The maximum Gasteiger partial charge on any atom is 0.257 e. The molecule has 0 spiro atoms. The Hall–Kier alpha value is -2.86. The molecule has 1 aliphatic heterocycles. The fraction of sp³-hybridized carbons (Fsp3) is 0.346. The highest BCUT2D eigenvalue weighted by Crippen LogP contribution is 2.32. The minimum atomic E-state index is -0.139. The van der Waals surface area contributed by atoms with E-state index < -0.39 is 0 Å². The van der Waals surface area contributed by atoms with Gasteiger partial charge in [-0.15, -0.1) is 0 Å². The molecule has 0 fully saturated rings. The molecule has 3 aromatic rings. The van der Waals surface area contributed by atoms with Gasteiger partial charge in [-0.1, -0.05) is 79.3 Å². The second kappa shape index (κ2) is 10.2. The first-order chi connectivity index (χ1) is 15.6. The molecular weight excluding hydrogens is 418 g/mol. The van der Waals surface area contributed by atoms with E-state index in [4.69, 9.17) is 0 Å². The Bertz CT molecular complexity index is 1090. The van der Waals surface area contributed by atoms with E-state index in [2.05, 4.69) is 58.8 Å². The third kappa shape index (κ3) is 4.80. The molecule has 1 unspecified atom stereocenters. The van der Waals surface area contributed by atoms with E-state index in [1.54, 1.807) is 16.3 Å². The average molecular weight is 448 g/mol. The van der Waals surface area contributed by atoms with Crippen LogP contribution in [-0.2, 0) is 11.2 Å². The molecule has 1 atom stereocenters. The molecule has 1 aromatic heterocycles. The van der Waals surface area contributed by atoms with E-state index in [1.807, 2.05) is 26.0 Å². The number of rotatable bonds is 8. The summed E-state index contributed by atoms with van der Waals surface area (Å²) in [5.41, 5.74) is 4.04. The second-order valence-corrected chi connectivity index (χ2v) is 9.16.